The molecule has 7 heteroatoms. The minimum Gasteiger partial charge on any atom is -0.495 e. The lowest BCUT2D eigenvalue weighted by atomic mass is 10.0. The zero-order valence-electron chi connectivity index (χ0n) is 12.1. The van der Waals surface area contributed by atoms with Crippen LogP contribution in [0.15, 0.2) is 18.2 Å². The van der Waals surface area contributed by atoms with Crippen LogP contribution in [0.25, 0.3) is 0 Å². The minimum absolute atomic E-state index is 0.155. The molecule has 0 heterocycles. The van der Waals surface area contributed by atoms with Gasteiger partial charge in [-0.2, -0.15) is 0 Å². The highest BCUT2D eigenvalue weighted by atomic mass is 35.5. The summed E-state index contributed by atoms with van der Waals surface area (Å²) in [6, 6.07) is 3.22. The Morgan fingerprint density at radius 2 is 2.05 bits per heavy atom. The molecule has 0 aliphatic carbocycles. The van der Waals surface area contributed by atoms with Crippen molar-refractivity contribution in [2.75, 3.05) is 12.4 Å². The molecular formula is C14H19ClN2O4. The van der Waals surface area contributed by atoms with E-state index in [-0.39, 0.29) is 5.92 Å². The number of carbonyl (C=O) groups excluding carboxylic acids is 1. The molecule has 21 heavy (non-hydrogen) atoms. The molecule has 1 aromatic carbocycles. The van der Waals surface area contributed by atoms with E-state index in [4.69, 9.17) is 21.4 Å². The molecule has 3 N–H and O–H groups in total. The van der Waals surface area contributed by atoms with Gasteiger partial charge in [0, 0.05) is 11.8 Å². The highest BCUT2D eigenvalue weighted by Gasteiger charge is 2.21. The third kappa shape index (κ3) is 5.51. The lowest BCUT2D eigenvalue weighted by Gasteiger charge is -2.17. The van der Waals surface area contributed by atoms with E-state index in [0.29, 0.717) is 22.9 Å². The van der Waals surface area contributed by atoms with Gasteiger partial charge in [-0.1, -0.05) is 25.4 Å². The van der Waals surface area contributed by atoms with Crippen LogP contribution in [0, 0.1) is 5.92 Å². The van der Waals surface area contributed by atoms with E-state index in [1.165, 1.54) is 7.11 Å². The van der Waals surface area contributed by atoms with Crippen molar-refractivity contribution in [1.29, 1.82) is 0 Å². The first kappa shape index (κ1) is 17.1. The first-order chi connectivity index (χ1) is 9.83. The fourth-order valence-corrected chi connectivity index (χ4v) is 1.95. The van der Waals surface area contributed by atoms with E-state index < -0.39 is 18.0 Å². The summed E-state index contributed by atoms with van der Waals surface area (Å²) in [6.45, 7) is 3.78. The fourth-order valence-electron chi connectivity index (χ4n) is 1.76. The zero-order valence-corrected chi connectivity index (χ0v) is 12.9. The minimum atomic E-state index is -1.06. The maximum atomic E-state index is 11.8. The number of methoxy groups -OCH3 is 1. The normalized spacial score (nSPS) is 11.9. The number of anilines is 1. The van der Waals surface area contributed by atoms with Gasteiger partial charge >= 0.3 is 12.0 Å². The summed E-state index contributed by atoms with van der Waals surface area (Å²) in [5.41, 5.74) is 0.461. The molecule has 0 radical (unpaired) electrons. The van der Waals surface area contributed by atoms with Crippen LogP contribution in [-0.2, 0) is 4.79 Å². The Hall–Kier alpha value is -1.95. The predicted molar refractivity (Wildman–Crippen MR) is 81.0 cm³/mol. The summed E-state index contributed by atoms with van der Waals surface area (Å²) < 4.78 is 5.04. The summed E-state index contributed by atoms with van der Waals surface area (Å²) in [4.78, 5) is 22.9. The number of urea groups is 1. The van der Waals surface area contributed by atoms with Gasteiger partial charge in [-0.05, 0) is 24.5 Å². The molecule has 6 nitrogen and oxygen atoms in total. The summed E-state index contributed by atoms with van der Waals surface area (Å²) in [7, 11) is 1.47. The van der Waals surface area contributed by atoms with Crippen molar-refractivity contribution in [3.05, 3.63) is 23.2 Å². The van der Waals surface area contributed by atoms with Crippen LogP contribution in [-0.4, -0.2) is 30.3 Å². The van der Waals surface area contributed by atoms with Crippen molar-refractivity contribution in [3.8, 4) is 5.75 Å². The number of halogens is 1. The summed E-state index contributed by atoms with van der Waals surface area (Å²) in [5, 5.41) is 14.5. The van der Waals surface area contributed by atoms with Crippen LogP contribution in [0.3, 0.4) is 0 Å². The van der Waals surface area contributed by atoms with E-state index >= 15 is 0 Å². The molecule has 0 saturated heterocycles. The number of aliphatic carboxylic acids is 1. The molecule has 116 valence electrons. The number of nitrogens with one attached hydrogen (secondary N) is 2. The maximum Gasteiger partial charge on any atom is 0.326 e. The number of ether oxygens (including phenoxy) is 1. The molecule has 0 fully saturated rings. The lowest BCUT2D eigenvalue weighted by molar-refractivity contribution is -0.139. The number of carboxylic acids is 1. The number of hydrogen-bond acceptors (Lipinski definition) is 3. The van der Waals surface area contributed by atoms with Gasteiger partial charge in [-0.3, -0.25) is 0 Å². The second-order valence-corrected chi connectivity index (χ2v) is 5.38. The van der Waals surface area contributed by atoms with Gasteiger partial charge in [0.25, 0.3) is 0 Å². The molecule has 2 amide bonds. The predicted octanol–water partition coefficient (Wildman–Crippen LogP) is 2.97. The topological polar surface area (TPSA) is 87.7 Å². The molecule has 0 bridgehead atoms. The third-order valence-corrected chi connectivity index (χ3v) is 3.03. The van der Waals surface area contributed by atoms with E-state index in [9.17, 15) is 9.59 Å². The lowest BCUT2D eigenvalue weighted by Crippen LogP contribution is -2.43. The van der Waals surface area contributed by atoms with Gasteiger partial charge in [0.05, 0.1) is 12.1 Å². The van der Waals surface area contributed by atoms with Gasteiger partial charge in [0.15, 0.2) is 0 Å². The Morgan fingerprint density at radius 1 is 1.38 bits per heavy atom. The van der Waals surface area contributed by atoms with Crippen LogP contribution in [0.4, 0.5) is 10.5 Å². The molecule has 1 atom stereocenters. The number of rotatable bonds is 6. The zero-order chi connectivity index (χ0) is 16.0. The molecule has 0 aliphatic rings. The van der Waals surface area contributed by atoms with Gasteiger partial charge in [-0.15, -0.1) is 0 Å². The van der Waals surface area contributed by atoms with E-state index in [1.807, 2.05) is 13.8 Å². The SMILES string of the molecule is COc1cc(NC(=O)N[C@@H](CC(C)C)C(=O)O)ccc1Cl. The van der Waals surface area contributed by atoms with Crippen molar-refractivity contribution < 1.29 is 19.4 Å². The molecule has 1 rings (SSSR count). The van der Waals surface area contributed by atoms with Crippen LogP contribution in [0.5, 0.6) is 5.75 Å². The van der Waals surface area contributed by atoms with E-state index in [2.05, 4.69) is 10.6 Å². The molecular weight excluding hydrogens is 296 g/mol. The van der Waals surface area contributed by atoms with Gasteiger partial charge < -0.3 is 20.5 Å². The Bertz CT molecular complexity index is 520. The molecule has 0 unspecified atom stereocenters. The first-order valence-electron chi connectivity index (χ1n) is 6.47. The van der Waals surface area contributed by atoms with Crippen molar-refractivity contribution in [1.82, 2.24) is 5.32 Å². The highest BCUT2D eigenvalue weighted by molar-refractivity contribution is 6.32. The fraction of sp³-hybridized carbons (Fsp3) is 0.429. The standard InChI is InChI=1S/C14H19ClN2O4/c1-8(2)6-11(13(18)19)17-14(20)16-9-4-5-10(15)12(7-9)21-3/h4-5,7-8,11H,6H2,1-3H3,(H,18,19)(H2,16,17,20)/t11-/m0/s1. The average molecular weight is 315 g/mol. The summed E-state index contributed by atoms with van der Waals surface area (Å²) >= 11 is 5.89. The second-order valence-electron chi connectivity index (χ2n) is 4.97. The van der Waals surface area contributed by atoms with Crippen LogP contribution in [0.2, 0.25) is 5.02 Å². The Balaban J connectivity index is 2.69. The third-order valence-electron chi connectivity index (χ3n) is 2.72. The maximum absolute atomic E-state index is 11.8. The Morgan fingerprint density at radius 3 is 2.57 bits per heavy atom. The second kappa shape index (κ2) is 7.73. The Kier molecular flexibility index (Phi) is 6.30. The smallest absolute Gasteiger partial charge is 0.326 e. The van der Waals surface area contributed by atoms with E-state index in [1.54, 1.807) is 18.2 Å². The monoisotopic (exact) mass is 314 g/mol. The number of carbonyl (C=O) groups is 2. The van der Waals surface area contributed by atoms with Crippen LogP contribution < -0.4 is 15.4 Å². The van der Waals surface area contributed by atoms with Crippen molar-refractivity contribution in [2.24, 2.45) is 5.92 Å². The molecule has 0 aliphatic heterocycles. The summed E-state index contributed by atoms with van der Waals surface area (Å²) in [5.74, 6) is -0.485. The first-order valence-corrected chi connectivity index (χ1v) is 6.85. The molecule has 0 saturated carbocycles. The molecule has 0 spiro atoms. The van der Waals surface area contributed by atoms with E-state index in [0.717, 1.165) is 0 Å². The highest BCUT2D eigenvalue weighted by Crippen LogP contribution is 2.27. The van der Waals surface area contributed by atoms with Gasteiger partial charge in [0.1, 0.15) is 11.8 Å². The van der Waals surface area contributed by atoms with Crippen LogP contribution in [0.1, 0.15) is 20.3 Å². The van der Waals surface area contributed by atoms with Crippen molar-refractivity contribution in [2.45, 2.75) is 26.3 Å². The van der Waals surface area contributed by atoms with Crippen molar-refractivity contribution in [3.63, 3.8) is 0 Å². The number of benzene rings is 1. The quantitative estimate of drug-likeness (QED) is 0.753. The molecule has 0 aromatic heterocycles. The largest absolute Gasteiger partial charge is 0.495 e. The average Bonchev–Trinajstić information content (AvgIpc) is 2.39. The van der Waals surface area contributed by atoms with Gasteiger partial charge in [-0.25, -0.2) is 9.59 Å². The Labute approximate surface area is 128 Å². The number of carboxylic acid groups (broad SMARTS) is 1. The van der Waals surface area contributed by atoms with Crippen molar-refractivity contribution >= 4 is 29.3 Å². The van der Waals surface area contributed by atoms with Gasteiger partial charge in [0.2, 0.25) is 0 Å². The number of hydrogen-bond donors (Lipinski definition) is 3. The summed E-state index contributed by atoms with van der Waals surface area (Å²) in [6.07, 6.45) is 0.354. The molecule has 1 aromatic rings. The number of amides is 2. The van der Waals surface area contributed by atoms with Crippen LogP contribution >= 0.6 is 11.6 Å².